The third kappa shape index (κ3) is 2.51. The molecule has 0 aliphatic heterocycles. The van der Waals surface area contributed by atoms with Crippen LogP contribution in [0.1, 0.15) is 0 Å². The number of nitrogens with one attached hydrogen (secondary N) is 1. The van der Waals surface area contributed by atoms with Gasteiger partial charge in [-0.25, -0.2) is 4.79 Å². The molecule has 2 N–H and O–H groups in total. The first-order valence-corrected chi connectivity index (χ1v) is 4.35. The van der Waals surface area contributed by atoms with Crippen molar-refractivity contribution in [3.8, 4) is 5.75 Å². The molecule has 0 spiro atoms. The summed E-state index contributed by atoms with van der Waals surface area (Å²) in [4.78, 5) is 20.7. The van der Waals surface area contributed by atoms with E-state index < -0.39 is 16.8 Å². The molecule has 0 aliphatic rings. The van der Waals surface area contributed by atoms with Crippen LogP contribution in [0.15, 0.2) is 12.1 Å². The van der Waals surface area contributed by atoms with Crippen LogP contribution in [0.5, 0.6) is 5.75 Å². The Balaban J connectivity index is 3.16. The Bertz CT molecular complexity index is 448. The number of aromatic hydroxyl groups is 1. The monoisotopic (exact) mass is 246 g/mol. The maximum atomic E-state index is 10.9. The predicted molar refractivity (Wildman–Crippen MR) is 55.8 cm³/mol. The zero-order valence-corrected chi connectivity index (χ0v) is 8.82. The van der Waals surface area contributed by atoms with Gasteiger partial charge in [0.2, 0.25) is 0 Å². The van der Waals surface area contributed by atoms with Crippen molar-refractivity contribution in [1.82, 2.24) is 0 Å². The topological polar surface area (TPSA) is 102 Å². The van der Waals surface area contributed by atoms with Crippen molar-refractivity contribution < 1.29 is 19.6 Å². The van der Waals surface area contributed by atoms with Crippen LogP contribution in [-0.4, -0.2) is 23.2 Å². The van der Waals surface area contributed by atoms with Gasteiger partial charge in [0.15, 0.2) is 5.75 Å². The van der Waals surface area contributed by atoms with Crippen molar-refractivity contribution in [3.63, 3.8) is 0 Å². The van der Waals surface area contributed by atoms with Crippen LogP contribution in [0.25, 0.3) is 0 Å². The van der Waals surface area contributed by atoms with Crippen LogP contribution < -0.4 is 5.32 Å². The molecule has 0 radical (unpaired) electrons. The third-order valence-corrected chi connectivity index (χ3v) is 1.97. The van der Waals surface area contributed by atoms with Gasteiger partial charge in [-0.05, 0) is 0 Å². The molecule has 7 nitrogen and oxygen atoms in total. The summed E-state index contributed by atoms with van der Waals surface area (Å²) in [6, 6.07) is 1.94. The molecule has 1 rings (SSSR count). The Kier molecular flexibility index (Phi) is 3.51. The highest BCUT2D eigenvalue weighted by Crippen LogP contribution is 2.35. The van der Waals surface area contributed by atoms with Gasteiger partial charge < -0.3 is 9.84 Å². The molecule has 0 aliphatic carbocycles. The van der Waals surface area contributed by atoms with Crippen LogP contribution in [0.3, 0.4) is 0 Å². The predicted octanol–water partition coefficient (Wildman–Crippen LogP) is 2.13. The molecule has 0 atom stereocenters. The summed E-state index contributed by atoms with van der Waals surface area (Å²) in [5.74, 6) is -0.460. The van der Waals surface area contributed by atoms with Gasteiger partial charge >= 0.3 is 6.09 Å². The Hall–Kier alpha value is -2.02. The van der Waals surface area contributed by atoms with Gasteiger partial charge in [0.05, 0.1) is 22.7 Å². The van der Waals surface area contributed by atoms with E-state index in [4.69, 9.17) is 11.6 Å². The molecule has 0 saturated heterocycles. The Morgan fingerprint density at radius 3 is 2.75 bits per heavy atom. The first kappa shape index (κ1) is 12.1. The summed E-state index contributed by atoms with van der Waals surface area (Å²) >= 11 is 5.54. The summed E-state index contributed by atoms with van der Waals surface area (Å²) in [6.45, 7) is 0. The lowest BCUT2D eigenvalue weighted by Crippen LogP contribution is -2.11. The number of amides is 1. The second-order valence-electron chi connectivity index (χ2n) is 2.70. The Morgan fingerprint density at radius 1 is 1.62 bits per heavy atom. The number of carbonyl (C=O) groups excluding carboxylic acids is 1. The van der Waals surface area contributed by atoms with Gasteiger partial charge in [0, 0.05) is 12.1 Å². The van der Waals surface area contributed by atoms with Crippen molar-refractivity contribution in [3.05, 3.63) is 27.3 Å². The molecule has 0 saturated carbocycles. The number of hydrogen-bond donors (Lipinski definition) is 2. The van der Waals surface area contributed by atoms with E-state index in [-0.39, 0.29) is 16.4 Å². The summed E-state index contributed by atoms with van der Waals surface area (Å²) in [6.07, 6.45) is -0.869. The first-order chi connectivity index (χ1) is 7.45. The number of phenolic OH excluding ortho intramolecular Hbond substituents is 1. The van der Waals surface area contributed by atoms with Crippen molar-refractivity contribution >= 4 is 29.1 Å². The number of anilines is 1. The molecular weight excluding hydrogens is 240 g/mol. The number of rotatable bonds is 2. The number of nitrogens with zero attached hydrogens (tertiary/aromatic N) is 1. The summed E-state index contributed by atoms with van der Waals surface area (Å²) in [5.41, 5.74) is -0.541. The molecule has 0 heterocycles. The number of methoxy groups -OCH3 is 1. The lowest BCUT2D eigenvalue weighted by molar-refractivity contribution is -0.384. The molecule has 86 valence electrons. The number of hydrogen-bond acceptors (Lipinski definition) is 5. The van der Waals surface area contributed by atoms with E-state index in [1.165, 1.54) is 0 Å². The van der Waals surface area contributed by atoms with Crippen LogP contribution >= 0.6 is 11.6 Å². The number of carbonyl (C=O) groups is 1. The fraction of sp³-hybridized carbons (Fsp3) is 0.125. The van der Waals surface area contributed by atoms with Crippen molar-refractivity contribution in [2.24, 2.45) is 0 Å². The molecule has 1 amide bonds. The fourth-order valence-corrected chi connectivity index (χ4v) is 1.16. The number of nitro groups is 1. The molecule has 0 fully saturated rings. The number of ether oxygens (including phenoxy) is 1. The summed E-state index contributed by atoms with van der Waals surface area (Å²) < 4.78 is 4.28. The van der Waals surface area contributed by atoms with Gasteiger partial charge in [-0.2, -0.15) is 0 Å². The van der Waals surface area contributed by atoms with E-state index in [0.717, 1.165) is 19.2 Å². The van der Waals surface area contributed by atoms with Gasteiger partial charge in [-0.3, -0.25) is 15.4 Å². The summed E-state index contributed by atoms with van der Waals surface area (Å²) in [5, 5.41) is 21.8. The molecule has 0 bridgehead atoms. The fourth-order valence-electron chi connectivity index (χ4n) is 0.946. The largest absolute Gasteiger partial charge is 0.504 e. The third-order valence-electron chi connectivity index (χ3n) is 1.68. The van der Waals surface area contributed by atoms with Gasteiger partial charge in [-0.15, -0.1) is 0 Å². The van der Waals surface area contributed by atoms with Crippen LogP contribution in [0.4, 0.5) is 16.2 Å². The van der Waals surface area contributed by atoms with Crippen LogP contribution in [-0.2, 0) is 4.74 Å². The van der Waals surface area contributed by atoms with Crippen molar-refractivity contribution in [2.45, 2.75) is 0 Å². The maximum Gasteiger partial charge on any atom is 0.411 e. The molecular formula is C8H7ClN2O5. The highest BCUT2D eigenvalue weighted by atomic mass is 35.5. The van der Waals surface area contributed by atoms with E-state index >= 15 is 0 Å². The van der Waals surface area contributed by atoms with E-state index in [1.807, 2.05) is 0 Å². The second-order valence-corrected chi connectivity index (χ2v) is 3.10. The van der Waals surface area contributed by atoms with E-state index in [9.17, 15) is 20.0 Å². The first-order valence-electron chi connectivity index (χ1n) is 3.97. The van der Waals surface area contributed by atoms with Gasteiger partial charge in [0.1, 0.15) is 0 Å². The minimum atomic E-state index is -0.869. The highest BCUT2D eigenvalue weighted by Gasteiger charge is 2.16. The lowest BCUT2D eigenvalue weighted by Gasteiger charge is -2.06. The zero-order valence-electron chi connectivity index (χ0n) is 8.06. The maximum absolute atomic E-state index is 10.9. The lowest BCUT2D eigenvalue weighted by atomic mass is 10.2. The van der Waals surface area contributed by atoms with Crippen LogP contribution in [0, 0.1) is 10.1 Å². The molecule has 16 heavy (non-hydrogen) atoms. The number of benzene rings is 1. The summed E-state index contributed by atoms with van der Waals surface area (Å²) in [7, 11) is 1.12. The molecule has 1 aromatic rings. The molecule has 8 heteroatoms. The smallest absolute Gasteiger partial charge is 0.411 e. The standard InChI is InChI=1S/C8H7ClN2O5/c1-16-8(13)10-6-3-4(11(14)15)2-5(9)7(6)12/h2-3,12H,1H3,(H,10,13). The number of non-ortho nitro benzene ring substituents is 1. The number of nitro benzene ring substituents is 1. The Morgan fingerprint density at radius 2 is 2.25 bits per heavy atom. The average molecular weight is 247 g/mol. The second kappa shape index (κ2) is 4.67. The van der Waals surface area contributed by atoms with Crippen molar-refractivity contribution in [2.75, 3.05) is 12.4 Å². The average Bonchev–Trinajstić information content (AvgIpc) is 2.23. The Labute approximate surface area is 94.7 Å². The van der Waals surface area contributed by atoms with Gasteiger partial charge in [-0.1, -0.05) is 11.6 Å². The van der Waals surface area contributed by atoms with E-state index in [0.29, 0.717) is 0 Å². The van der Waals surface area contributed by atoms with Gasteiger partial charge in [0.25, 0.3) is 5.69 Å². The minimum Gasteiger partial charge on any atom is -0.504 e. The van der Waals surface area contributed by atoms with Crippen LogP contribution in [0.2, 0.25) is 5.02 Å². The normalized spacial score (nSPS) is 9.62. The zero-order chi connectivity index (χ0) is 12.3. The molecule has 1 aromatic carbocycles. The molecule has 0 unspecified atom stereocenters. The quantitative estimate of drug-likeness (QED) is 0.473. The van der Waals surface area contributed by atoms with E-state index in [2.05, 4.69) is 10.1 Å². The SMILES string of the molecule is COC(=O)Nc1cc([N+](=O)[O-])cc(Cl)c1O. The molecule has 0 aromatic heterocycles. The van der Waals surface area contributed by atoms with E-state index in [1.54, 1.807) is 0 Å². The minimum absolute atomic E-state index is 0.189. The number of phenols is 1. The number of halogens is 1. The van der Waals surface area contributed by atoms with Crippen molar-refractivity contribution in [1.29, 1.82) is 0 Å². The highest BCUT2D eigenvalue weighted by molar-refractivity contribution is 6.32.